The van der Waals surface area contributed by atoms with Crippen molar-refractivity contribution in [3.05, 3.63) is 28.5 Å². The van der Waals surface area contributed by atoms with Gasteiger partial charge >= 0.3 is 0 Å². The molecule has 84 valence electrons. The van der Waals surface area contributed by atoms with Gasteiger partial charge in [-0.15, -0.1) is 12.4 Å². The van der Waals surface area contributed by atoms with Crippen molar-refractivity contribution in [2.75, 3.05) is 13.1 Å². The Morgan fingerprint density at radius 3 is 3.13 bits per heavy atom. The summed E-state index contributed by atoms with van der Waals surface area (Å²) in [5.41, 5.74) is 1.17. The van der Waals surface area contributed by atoms with Gasteiger partial charge in [-0.25, -0.2) is 4.98 Å². The van der Waals surface area contributed by atoms with Gasteiger partial charge in [-0.05, 0) is 46.6 Å². The van der Waals surface area contributed by atoms with Crippen molar-refractivity contribution in [1.29, 1.82) is 0 Å². The summed E-state index contributed by atoms with van der Waals surface area (Å²) in [5, 5.41) is 3.27. The van der Waals surface area contributed by atoms with Crippen LogP contribution in [0.15, 0.2) is 22.9 Å². The molecule has 0 radical (unpaired) electrons. The zero-order chi connectivity index (χ0) is 9.80. The van der Waals surface area contributed by atoms with Crippen molar-refractivity contribution in [2.24, 2.45) is 0 Å². The second kappa shape index (κ2) is 6.43. The Morgan fingerprint density at radius 1 is 1.60 bits per heavy atom. The molecule has 1 fully saturated rings. The summed E-state index contributed by atoms with van der Waals surface area (Å²) in [6.45, 7) is 2.73. The minimum absolute atomic E-state index is 0. The predicted molar refractivity (Wildman–Crippen MR) is 65.2 cm³/mol. The third-order valence-electron chi connectivity index (χ3n) is 2.29. The van der Waals surface area contributed by atoms with Crippen LogP contribution in [0, 0.1) is 0 Å². The fourth-order valence-corrected chi connectivity index (χ4v) is 1.93. The Labute approximate surface area is 104 Å². The number of halogens is 2. The van der Waals surface area contributed by atoms with Crippen LogP contribution >= 0.6 is 28.3 Å². The molecule has 0 spiro atoms. The number of rotatable bonds is 3. The Hall–Kier alpha value is -0.160. The van der Waals surface area contributed by atoms with E-state index in [0.29, 0.717) is 12.7 Å². The molecule has 0 unspecified atom stereocenters. The highest BCUT2D eigenvalue weighted by Gasteiger charge is 2.14. The van der Waals surface area contributed by atoms with E-state index in [-0.39, 0.29) is 12.4 Å². The molecular formula is C10H14BrClN2O. The van der Waals surface area contributed by atoms with Crippen LogP contribution in [0.1, 0.15) is 12.0 Å². The highest BCUT2D eigenvalue weighted by Crippen LogP contribution is 2.11. The largest absolute Gasteiger partial charge is 0.372 e. The second-order valence-corrected chi connectivity index (χ2v) is 4.23. The van der Waals surface area contributed by atoms with Crippen LogP contribution in [-0.2, 0) is 11.3 Å². The molecule has 2 rings (SSSR count). The maximum absolute atomic E-state index is 5.73. The van der Waals surface area contributed by atoms with Crippen molar-refractivity contribution in [3.63, 3.8) is 0 Å². The minimum Gasteiger partial charge on any atom is -0.372 e. The summed E-state index contributed by atoms with van der Waals surface area (Å²) < 4.78 is 6.60. The number of hydrogen-bond donors (Lipinski definition) is 1. The number of pyridine rings is 1. The van der Waals surface area contributed by atoms with Crippen LogP contribution in [0.25, 0.3) is 0 Å². The van der Waals surface area contributed by atoms with E-state index in [9.17, 15) is 0 Å². The standard InChI is InChI=1S/C10H13BrN2O.ClH/c11-10-5-8(1-4-13-10)7-14-9-2-3-12-6-9;/h1,4-5,9,12H,2-3,6-7H2;1H/t9-;/m0./s1. The van der Waals surface area contributed by atoms with Gasteiger partial charge in [0.1, 0.15) is 4.60 Å². The molecule has 0 amide bonds. The molecule has 1 saturated heterocycles. The molecule has 15 heavy (non-hydrogen) atoms. The normalized spacial score (nSPS) is 19.9. The third-order valence-corrected chi connectivity index (χ3v) is 2.73. The smallest absolute Gasteiger partial charge is 0.106 e. The molecule has 1 aromatic heterocycles. The zero-order valence-electron chi connectivity index (χ0n) is 8.28. The molecule has 3 nitrogen and oxygen atoms in total. The van der Waals surface area contributed by atoms with Gasteiger partial charge in [0.25, 0.3) is 0 Å². The molecule has 0 saturated carbocycles. The van der Waals surface area contributed by atoms with E-state index in [0.717, 1.165) is 24.1 Å². The van der Waals surface area contributed by atoms with Crippen LogP contribution in [0.3, 0.4) is 0 Å². The number of aromatic nitrogens is 1. The lowest BCUT2D eigenvalue weighted by Crippen LogP contribution is -2.16. The Morgan fingerprint density at radius 2 is 2.47 bits per heavy atom. The molecule has 5 heteroatoms. The Bertz CT molecular complexity index is 305. The Balaban J connectivity index is 0.00000112. The van der Waals surface area contributed by atoms with Crippen molar-refractivity contribution in [2.45, 2.75) is 19.1 Å². The molecule has 2 heterocycles. The van der Waals surface area contributed by atoms with Gasteiger partial charge in [-0.1, -0.05) is 0 Å². The van der Waals surface area contributed by atoms with Crippen molar-refractivity contribution in [3.8, 4) is 0 Å². The van der Waals surface area contributed by atoms with Gasteiger partial charge in [0.2, 0.25) is 0 Å². The zero-order valence-corrected chi connectivity index (χ0v) is 10.7. The Kier molecular flexibility index (Phi) is 5.53. The van der Waals surface area contributed by atoms with Crippen LogP contribution in [0.4, 0.5) is 0 Å². The SMILES string of the molecule is Brc1cc(CO[C@H]2CCNC2)ccn1.Cl. The lowest BCUT2D eigenvalue weighted by molar-refractivity contribution is 0.0541. The van der Waals surface area contributed by atoms with Crippen LogP contribution in [0.5, 0.6) is 0 Å². The minimum atomic E-state index is 0. The van der Waals surface area contributed by atoms with E-state index < -0.39 is 0 Å². The fraction of sp³-hybridized carbons (Fsp3) is 0.500. The molecule has 1 atom stereocenters. The monoisotopic (exact) mass is 292 g/mol. The summed E-state index contributed by atoms with van der Waals surface area (Å²) in [7, 11) is 0. The number of hydrogen-bond acceptors (Lipinski definition) is 3. The quantitative estimate of drug-likeness (QED) is 0.867. The van der Waals surface area contributed by atoms with Crippen LogP contribution in [-0.4, -0.2) is 24.2 Å². The number of ether oxygens (including phenoxy) is 1. The number of nitrogens with one attached hydrogen (secondary N) is 1. The molecule has 0 aromatic carbocycles. The second-order valence-electron chi connectivity index (χ2n) is 3.41. The van der Waals surface area contributed by atoms with E-state index in [4.69, 9.17) is 4.74 Å². The summed E-state index contributed by atoms with van der Waals surface area (Å²) in [6.07, 6.45) is 3.28. The summed E-state index contributed by atoms with van der Waals surface area (Å²) in [6, 6.07) is 3.97. The first-order valence-corrected chi connectivity index (χ1v) is 5.56. The molecule has 1 aromatic rings. The third kappa shape index (κ3) is 4.07. The average molecular weight is 294 g/mol. The molecule has 1 aliphatic rings. The van der Waals surface area contributed by atoms with Gasteiger partial charge in [0.05, 0.1) is 12.7 Å². The highest BCUT2D eigenvalue weighted by molar-refractivity contribution is 9.10. The summed E-state index contributed by atoms with van der Waals surface area (Å²) >= 11 is 3.34. The number of nitrogens with zero attached hydrogens (tertiary/aromatic N) is 1. The maximum atomic E-state index is 5.73. The molecule has 0 aliphatic carbocycles. The first-order valence-electron chi connectivity index (χ1n) is 4.77. The predicted octanol–water partition coefficient (Wildman–Crippen LogP) is 2.14. The van der Waals surface area contributed by atoms with Gasteiger partial charge in [0.15, 0.2) is 0 Å². The van der Waals surface area contributed by atoms with E-state index in [1.165, 1.54) is 5.56 Å². The summed E-state index contributed by atoms with van der Waals surface area (Å²) in [4.78, 5) is 4.07. The van der Waals surface area contributed by atoms with Crippen LogP contribution < -0.4 is 5.32 Å². The van der Waals surface area contributed by atoms with Gasteiger partial charge < -0.3 is 10.1 Å². The van der Waals surface area contributed by atoms with Gasteiger partial charge in [-0.2, -0.15) is 0 Å². The average Bonchev–Trinajstić information content (AvgIpc) is 2.67. The van der Waals surface area contributed by atoms with Gasteiger partial charge in [-0.3, -0.25) is 0 Å². The van der Waals surface area contributed by atoms with Crippen molar-refractivity contribution < 1.29 is 4.74 Å². The van der Waals surface area contributed by atoms with E-state index >= 15 is 0 Å². The first kappa shape index (κ1) is 12.9. The molecular weight excluding hydrogens is 279 g/mol. The van der Waals surface area contributed by atoms with Gasteiger partial charge in [0, 0.05) is 12.7 Å². The highest BCUT2D eigenvalue weighted by atomic mass is 79.9. The van der Waals surface area contributed by atoms with Crippen molar-refractivity contribution >= 4 is 28.3 Å². The maximum Gasteiger partial charge on any atom is 0.106 e. The lowest BCUT2D eigenvalue weighted by atomic mass is 10.3. The first-order chi connectivity index (χ1) is 6.84. The lowest BCUT2D eigenvalue weighted by Gasteiger charge is -2.10. The van der Waals surface area contributed by atoms with E-state index in [2.05, 4.69) is 26.2 Å². The molecule has 1 aliphatic heterocycles. The van der Waals surface area contributed by atoms with Crippen LogP contribution in [0.2, 0.25) is 0 Å². The topological polar surface area (TPSA) is 34.1 Å². The van der Waals surface area contributed by atoms with Crippen molar-refractivity contribution in [1.82, 2.24) is 10.3 Å². The fourth-order valence-electron chi connectivity index (χ4n) is 1.52. The van der Waals surface area contributed by atoms with E-state index in [1.54, 1.807) is 6.20 Å². The summed E-state index contributed by atoms with van der Waals surface area (Å²) in [5.74, 6) is 0. The molecule has 0 bridgehead atoms. The molecule has 1 N–H and O–H groups in total. The van der Waals surface area contributed by atoms with E-state index in [1.807, 2.05) is 12.1 Å².